The maximum absolute atomic E-state index is 6.56. The van der Waals surface area contributed by atoms with Crippen LogP contribution in [0, 0.1) is 0 Å². The SMILES string of the molecule is c1ccc(-c2ccc(-c3ccc(N(c4ccccc4)c4ccc(N(c5ccc(-c6ccc(-c7ccc(N(c8ccc(-c9cccc%10c9oc9ccccc9%10)cc8)c8ccc(N(c9ccccc9)c9ccc(-c%10ccc(-c%11ccccc%11)s%10)cc9)cc8)cc7)cc6)cc5)c5ccc(-c6cccc7c6oc6ccccc67)cc5)cc4)cc3)s2)cc1. The van der Waals surface area contributed by atoms with Gasteiger partial charge in [-0.3, -0.25) is 0 Å². The van der Waals surface area contributed by atoms with E-state index in [1.807, 2.05) is 46.9 Å². The van der Waals surface area contributed by atoms with Crippen LogP contribution in [-0.4, -0.2) is 0 Å². The van der Waals surface area contributed by atoms with E-state index in [1.54, 1.807) is 0 Å². The van der Waals surface area contributed by atoms with Crippen LogP contribution in [0.25, 0.3) is 130 Å². The predicted octanol–water partition coefficient (Wildman–Crippen LogP) is 32.8. The maximum Gasteiger partial charge on any atom is 0.143 e. The minimum atomic E-state index is 0.884. The Morgan fingerprint density at radius 3 is 0.636 bits per heavy atom. The summed E-state index contributed by atoms with van der Waals surface area (Å²) in [7, 11) is 0. The molecule has 0 spiro atoms. The van der Waals surface area contributed by atoms with Gasteiger partial charge in [0.2, 0.25) is 0 Å². The molecule has 0 amide bonds. The smallest absolute Gasteiger partial charge is 0.143 e. The monoisotopic (exact) mass is 1550 g/mol. The second-order valence-corrected chi connectivity index (χ2v) is 31.7. The molecule has 0 atom stereocenters. The summed E-state index contributed by atoms with van der Waals surface area (Å²) in [6.45, 7) is 0. The Kier molecular flexibility index (Phi) is 18.6. The largest absolute Gasteiger partial charge is 0.455 e. The van der Waals surface area contributed by atoms with Crippen LogP contribution in [-0.2, 0) is 0 Å². The molecule has 0 aliphatic heterocycles. The van der Waals surface area contributed by atoms with Gasteiger partial charge in [0.25, 0.3) is 0 Å². The molecule has 0 radical (unpaired) electrons. The molecular formula is C110H74N4O2S2. The lowest BCUT2D eigenvalue weighted by Gasteiger charge is -2.28. The highest BCUT2D eigenvalue weighted by molar-refractivity contribution is 7.19. The van der Waals surface area contributed by atoms with Gasteiger partial charge in [0.15, 0.2) is 0 Å². The van der Waals surface area contributed by atoms with Gasteiger partial charge in [-0.05, 0) is 238 Å². The molecular weight excluding hydrogens is 1470 g/mol. The number of thiophene rings is 2. The third-order valence-corrected chi connectivity index (χ3v) is 24.8. The number of hydrogen-bond acceptors (Lipinski definition) is 8. The van der Waals surface area contributed by atoms with Gasteiger partial charge in [-0.1, -0.05) is 267 Å². The highest BCUT2D eigenvalue weighted by Gasteiger charge is 2.23. The predicted molar refractivity (Wildman–Crippen MR) is 499 cm³/mol. The number of para-hydroxylation sites is 6. The lowest BCUT2D eigenvalue weighted by atomic mass is 9.99. The van der Waals surface area contributed by atoms with Crippen LogP contribution in [0.1, 0.15) is 0 Å². The Morgan fingerprint density at radius 1 is 0.144 bits per heavy atom. The Bertz CT molecular complexity index is 6660. The van der Waals surface area contributed by atoms with Crippen LogP contribution < -0.4 is 19.6 Å². The van der Waals surface area contributed by atoms with E-state index in [1.165, 1.54) is 41.8 Å². The fourth-order valence-corrected chi connectivity index (χ4v) is 18.5. The summed E-state index contributed by atoms with van der Waals surface area (Å²) in [6.07, 6.45) is 0. The van der Waals surface area contributed by atoms with E-state index in [4.69, 9.17) is 8.83 Å². The van der Waals surface area contributed by atoms with E-state index < -0.39 is 0 Å². The quantitative estimate of drug-likeness (QED) is 0.0757. The zero-order valence-corrected chi connectivity index (χ0v) is 65.8. The lowest BCUT2D eigenvalue weighted by Crippen LogP contribution is -2.12. The second kappa shape index (κ2) is 31.0. The molecule has 0 saturated heterocycles. The van der Waals surface area contributed by atoms with Crippen molar-refractivity contribution in [2.24, 2.45) is 0 Å². The van der Waals surface area contributed by atoms with E-state index in [0.717, 1.165) is 157 Å². The highest BCUT2D eigenvalue weighted by Crippen LogP contribution is 2.47. The summed E-state index contributed by atoms with van der Waals surface area (Å²) in [5.41, 5.74) is 29.7. The third-order valence-electron chi connectivity index (χ3n) is 22.4. The molecule has 8 heteroatoms. The molecule has 0 unspecified atom stereocenters. The van der Waals surface area contributed by atoms with Gasteiger partial charge >= 0.3 is 0 Å². The molecule has 0 fully saturated rings. The maximum atomic E-state index is 6.56. The van der Waals surface area contributed by atoms with Crippen molar-refractivity contribution >= 4 is 135 Å². The van der Waals surface area contributed by atoms with Crippen molar-refractivity contribution in [3.63, 3.8) is 0 Å². The molecule has 4 heterocycles. The van der Waals surface area contributed by atoms with Crippen molar-refractivity contribution in [3.05, 3.63) is 449 Å². The number of furan rings is 2. The Hall–Kier alpha value is -15.1. The second-order valence-electron chi connectivity index (χ2n) is 29.5. The number of rotatable bonds is 20. The molecule has 21 aromatic rings. The summed E-state index contributed by atoms with van der Waals surface area (Å²) < 4.78 is 13.1. The van der Waals surface area contributed by atoms with E-state index in [2.05, 4.69) is 444 Å². The van der Waals surface area contributed by atoms with E-state index in [9.17, 15) is 0 Å². The number of benzene rings is 17. The summed E-state index contributed by atoms with van der Waals surface area (Å²) in [6, 6.07) is 161. The number of hydrogen-bond donors (Lipinski definition) is 0. The van der Waals surface area contributed by atoms with Crippen molar-refractivity contribution in [1.29, 1.82) is 0 Å². The lowest BCUT2D eigenvalue weighted by molar-refractivity contribution is 0.669. The van der Waals surface area contributed by atoms with Crippen LogP contribution in [0.2, 0.25) is 0 Å². The summed E-state index contributed by atoms with van der Waals surface area (Å²) in [4.78, 5) is 14.4. The summed E-state index contributed by atoms with van der Waals surface area (Å²) in [5, 5.41) is 4.45. The molecule has 0 aliphatic rings. The zero-order chi connectivity index (χ0) is 78.2. The van der Waals surface area contributed by atoms with Crippen molar-refractivity contribution in [2.75, 3.05) is 19.6 Å². The number of anilines is 12. The zero-order valence-electron chi connectivity index (χ0n) is 64.1. The van der Waals surface area contributed by atoms with E-state index in [0.29, 0.717) is 0 Å². The standard InChI is InChI=1S/C110H74N4O2S2/c1-5-19-81(20-6-1)105-71-73-107(117-105)83-47-59-91(60-48-83)111(85-23-9-3-10-24-85)93-63-67-95(68-64-93)113(89-55-43-79(44-56-89)97-29-17-31-101-99-27-13-15-33-103(99)115-109(97)101)87-51-39-77(40-52-87)75-35-37-76(38-36-75)78-41-53-88(54-42-78)114(90-57-45-80(46-58-90)98-30-18-32-102-100-28-14-16-34-104(100)116-110(98)102)96-69-65-94(66-70-96)112(86-25-11-4-12-26-86)92-61-49-84(50-62-92)108-74-72-106(118-108)82-21-7-2-8-22-82/h1-74H. The first-order valence-electron chi connectivity index (χ1n) is 39.8. The minimum absolute atomic E-state index is 0.884. The minimum Gasteiger partial charge on any atom is -0.455 e. The Labute approximate surface area is 693 Å². The first kappa shape index (κ1) is 70.8. The average Bonchev–Trinajstić information content (AvgIpc) is 1.75. The third kappa shape index (κ3) is 13.7. The molecule has 118 heavy (non-hydrogen) atoms. The number of fused-ring (bicyclic) bond motifs is 6. The molecule has 558 valence electrons. The topological polar surface area (TPSA) is 39.2 Å². The van der Waals surface area contributed by atoms with E-state index in [-0.39, 0.29) is 0 Å². The molecule has 0 aliphatic carbocycles. The van der Waals surface area contributed by atoms with Gasteiger partial charge in [-0.15, -0.1) is 22.7 Å². The molecule has 6 nitrogen and oxygen atoms in total. The van der Waals surface area contributed by atoms with Gasteiger partial charge in [0, 0.05) is 120 Å². The molecule has 0 N–H and O–H groups in total. The van der Waals surface area contributed by atoms with Crippen molar-refractivity contribution < 1.29 is 8.83 Å². The summed E-state index contributed by atoms with van der Waals surface area (Å²) in [5.74, 6) is 0. The summed E-state index contributed by atoms with van der Waals surface area (Å²) >= 11 is 3.64. The van der Waals surface area contributed by atoms with Gasteiger partial charge in [-0.2, -0.15) is 0 Å². The van der Waals surface area contributed by atoms with Crippen LogP contribution in [0.3, 0.4) is 0 Å². The van der Waals surface area contributed by atoms with Crippen LogP contribution in [0.4, 0.5) is 68.2 Å². The first-order valence-corrected chi connectivity index (χ1v) is 41.4. The normalized spacial score (nSPS) is 11.4. The number of nitrogens with zero attached hydrogens (tertiary/aromatic N) is 4. The molecule has 21 rings (SSSR count). The Morgan fingerprint density at radius 2 is 0.347 bits per heavy atom. The van der Waals surface area contributed by atoms with E-state index >= 15 is 0 Å². The van der Waals surface area contributed by atoms with Crippen molar-refractivity contribution in [3.8, 4) is 86.3 Å². The van der Waals surface area contributed by atoms with Gasteiger partial charge in [0.1, 0.15) is 22.3 Å². The average molecular weight is 1550 g/mol. The molecule has 0 saturated carbocycles. The van der Waals surface area contributed by atoms with Gasteiger partial charge in [-0.25, -0.2) is 0 Å². The van der Waals surface area contributed by atoms with Gasteiger partial charge in [0.05, 0.1) is 0 Å². The van der Waals surface area contributed by atoms with Crippen LogP contribution in [0.5, 0.6) is 0 Å². The van der Waals surface area contributed by atoms with Crippen molar-refractivity contribution in [2.45, 2.75) is 0 Å². The molecule has 0 bridgehead atoms. The molecule has 17 aromatic carbocycles. The Balaban J connectivity index is 0.580. The highest BCUT2D eigenvalue weighted by atomic mass is 32.1. The van der Waals surface area contributed by atoms with Crippen LogP contribution >= 0.6 is 22.7 Å². The van der Waals surface area contributed by atoms with Gasteiger partial charge < -0.3 is 28.4 Å². The fraction of sp³-hybridized carbons (Fsp3) is 0. The van der Waals surface area contributed by atoms with Crippen molar-refractivity contribution in [1.82, 2.24) is 0 Å². The first-order chi connectivity index (χ1) is 58.5. The molecule has 4 aromatic heterocycles. The van der Waals surface area contributed by atoms with Crippen LogP contribution in [0.15, 0.2) is 458 Å². The fourth-order valence-electron chi connectivity index (χ4n) is 16.5.